The topological polar surface area (TPSA) is 35.2 Å². The Morgan fingerprint density at radius 1 is 1.26 bits per heavy atom. The molecule has 1 atom stereocenters. The van der Waals surface area contributed by atoms with Crippen molar-refractivity contribution in [1.82, 2.24) is 0 Å². The second-order valence-electron chi connectivity index (χ2n) is 5.43. The lowest BCUT2D eigenvalue weighted by Gasteiger charge is -2.21. The summed E-state index contributed by atoms with van der Waals surface area (Å²) in [5.74, 6) is 1.45. The van der Waals surface area contributed by atoms with E-state index in [2.05, 4.69) is 0 Å². The highest BCUT2D eigenvalue weighted by Crippen LogP contribution is 2.27. The zero-order chi connectivity index (χ0) is 13.5. The van der Waals surface area contributed by atoms with Crippen molar-refractivity contribution in [2.75, 3.05) is 13.2 Å². The molecule has 0 bridgehead atoms. The molecule has 1 fully saturated rings. The molecular weight excluding hydrogens is 241 g/mol. The highest BCUT2D eigenvalue weighted by Gasteiger charge is 2.14. The van der Waals surface area contributed by atoms with Gasteiger partial charge in [0, 0.05) is 0 Å². The first kappa shape index (κ1) is 14.3. The fraction of sp³-hybridized carbons (Fsp3) is 0.625. The monoisotopic (exact) mass is 265 g/mol. The molecule has 0 heterocycles. The van der Waals surface area contributed by atoms with E-state index in [1.807, 2.05) is 18.2 Å². The van der Waals surface area contributed by atoms with Crippen LogP contribution in [-0.4, -0.2) is 13.2 Å². The van der Waals surface area contributed by atoms with E-state index >= 15 is 0 Å². The van der Waals surface area contributed by atoms with E-state index < -0.39 is 6.17 Å². The lowest BCUT2D eigenvalue weighted by Crippen LogP contribution is -2.15. The smallest absolute Gasteiger partial charge is 0.126 e. The predicted octanol–water partition coefficient (Wildman–Crippen LogP) is 4.01. The van der Waals surface area contributed by atoms with Gasteiger partial charge < -0.3 is 10.5 Å². The Bertz CT molecular complexity index is 377. The van der Waals surface area contributed by atoms with Crippen LogP contribution in [0.15, 0.2) is 24.3 Å². The highest BCUT2D eigenvalue weighted by atomic mass is 19.1. The summed E-state index contributed by atoms with van der Waals surface area (Å²) in [5, 5.41) is 0. The number of hydrogen-bond donors (Lipinski definition) is 1. The maximum absolute atomic E-state index is 13.8. The van der Waals surface area contributed by atoms with Crippen molar-refractivity contribution in [3.8, 4) is 5.75 Å². The summed E-state index contributed by atoms with van der Waals surface area (Å²) in [4.78, 5) is 0. The number of rotatable bonds is 6. The fourth-order valence-electron chi connectivity index (χ4n) is 2.68. The lowest BCUT2D eigenvalue weighted by atomic mass is 9.90. The molecule has 0 amide bonds. The minimum Gasteiger partial charge on any atom is -0.493 e. The van der Waals surface area contributed by atoms with Gasteiger partial charge in [-0.1, -0.05) is 31.4 Å². The number of hydrogen-bond acceptors (Lipinski definition) is 2. The maximum atomic E-state index is 13.8. The molecule has 0 aromatic heterocycles. The molecule has 2 N–H and O–H groups in total. The number of nitrogens with two attached hydrogens (primary N) is 1. The van der Waals surface area contributed by atoms with Gasteiger partial charge >= 0.3 is 0 Å². The Hall–Kier alpha value is -1.09. The van der Waals surface area contributed by atoms with Crippen LogP contribution in [0.5, 0.6) is 5.75 Å². The normalized spacial score (nSPS) is 18.2. The molecule has 1 saturated carbocycles. The average molecular weight is 265 g/mol. The van der Waals surface area contributed by atoms with Crippen LogP contribution in [0.1, 0.15) is 50.3 Å². The van der Waals surface area contributed by atoms with Crippen molar-refractivity contribution in [3.05, 3.63) is 29.8 Å². The van der Waals surface area contributed by atoms with Gasteiger partial charge in [-0.2, -0.15) is 0 Å². The number of halogens is 1. The van der Waals surface area contributed by atoms with Crippen LogP contribution < -0.4 is 10.5 Å². The molecule has 0 saturated heterocycles. The third-order valence-electron chi connectivity index (χ3n) is 3.85. The lowest BCUT2D eigenvalue weighted by molar-refractivity contribution is 0.208. The third kappa shape index (κ3) is 4.50. The van der Waals surface area contributed by atoms with Gasteiger partial charge in [0.05, 0.1) is 6.61 Å². The van der Waals surface area contributed by atoms with Crippen LogP contribution >= 0.6 is 0 Å². The number of ether oxygens (including phenoxy) is 1. The van der Waals surface area contributed by atoms with E-state index in [1.54, 1.807) is 6.07 Å². The maximum Gasteiger partial charge on any atom is 0.126 e. The molecule has 0 spiro atoms. The molecule has 0 aliphatic heterocycles. The molecule has 1 aromatic rings. The third-order valence-corrected chi connectivity index (χ3v) is 3.85. The fourth-order valence-corrected chi connectivity index (χ4v) is 2.68. The zero-order valence-electron chi connectivity index (χ0n) is 11.5. The molecule has 0 radical (unpaired) electrons. The van der Waals surface area contributed by atoms with Crippen molar-refractivity contribution in [1.29, 1.82) is 0 Å². The zero-order valence-corrected chi connectivity index (χ0v) is 11.5. The van der Waals surface area contributed by atoms with Crippen LogP contribution in [0.4, 0.5) is 4.39 Å². The van der Waals surface area contributed by atoms with Crippen molar-refractivity contribution in [3.63, 3.8) is 0 Å². The van der Waals surface area contributed by atoms with Crippen LogP contribution in [0, 0.1) is 5.92 Å². The minimum absolute atomic E-state index is 0.367. The second kappa shape index (κ2) is 7.49. The van der Waals surface area contributed by atoms with Crippen LogP contribution in [0.25, 0.3) is 0 Å². The van der Waals surface area contributed by atoms with Gasteiger partial charge in [0.2, 0.25) is 0 Å². The van der Waals surface area contributed by atoms with Gasteiger partial charge in [-0.3, -0.25) is 0 Å². The Balaban J connectivity index is 1.87. The van der Waals surface area contributed by atoms with E-state index in [4.69, 9.17) is 10.5 Å². The van der Waals surface area contributed by atoms with E-state index in [0.717, 1.165) is 12.4 Å². The van der Waals surface area contributed by atoms with Gasteiger partial charge in [-0.25, -0.2) is 4.39 Å². The summed E-state index contributed by atoms with van der Waals surface area (Å²) < 4.78 is 19.6. The average Bonchev–Trinajstić information content (AvgIpc) is 2.47. The van der Waals surface area contributed by atoms with Gasteiger partial charge in [0.25, 0.3) is 0 Å². The van der Waals surface area contributed by atoms with E-state index in [-0.39, 0.29) is 0 Å². The first-order valence-corrected chi connectivity index (χ1v) is 7.36. The van der Waals surface area contributed by atoms with Crippen molar-refractivity contribution in [2.24, 2.45) is 11.7 Å². The van der Waals surface area contributed by atoms with Gasteiger partial charge in [0.15, 0.2) is 0 Å². The SMILES string of the molecule is NCC[C@@H](F)c1cccc(OCC2CCCCC2)c1. The molecule has 3 heteroatoms. The molecule has 2 nitrogen and oxygen atoms in total. The minimum atomic E-state index is -0.983. The predicted molar refractivity (Wildman–Crippen MR) is 76.0 cm³/mol. The van der Waals surface area contributed by atoms with Crippen molar-refractivity contribution >= 4 is 0 Å². The van der Waals surface area contributed by atoms with Crippen LogP contribution in [0.3, 0.4) is 0 Å². The summed E-state index contributed by atoms with van der Waals surface area (Å²) in [6.45, 7) is 1.13. The molecule has 19 heavy (non-hydrogen) atoms. The summed E-state index contributed by atoms with van der Waals surface area (Å²) in [7, 11) is 0. The highest BCUT2D eigenvalue weighted by molar-refractivity contribution is 5.30. The molecule has 106 valence electrons. The Morgan fingerprint density at radius 2 is 2.05 bits per heavy atom. The van der Waals surface area contributed by atoms with E-state index in [1.165, 1.54) is 32.1 Å². The van der Waals surface area contributed by atoms with E-state index in [9.17, 15) is 4.39 Å². The molecule has 0 unspecified atom stereocenters. The molecule has 1 aromatic carbocycles. The van der Waals surface area contributed by atoms with E-state index in [0.29, 0.717) is 24.4 Å². The number of alkyl halides is 1. The van der Waals surface area contributed by atoms with Crippen molar-refractivity contribution < 1.29 is 9.13 Å². The first-order valence-electron chi connectivity index (χ1n) is 7.36. The Morgan fingerprint density at radius 3 is 2.79 bits per heavy atom. The molecule has 1 aliphatic carbocycles. The summed E-state index contributed by atoms with van der Waals surface area (Å²) in [5.41, 5.74) is 6.06. The second-order valence-corrected chi connectivity index (χ2v) is 5.43. The van der Waals surface area contributed by atoms with Gasteiger partial charge in [-0.05, 0) is 49.4 Å². The summed E-state index contributed by atoms with van der Waals surface area (Å²) >= 11 is 0. The Labute approximate surface area is 115 Å². The largest absolute Gasteiger partial charge is 0.493 e. The number of benzene rings is 1. The molecule has 1 aliphatic rings. The molecule has 2 rings (SSSR count). The van der Waals surface area contributed by atoms with Gasteiger partial charge in [0.1, 0.15) is 11.9 Å². The van der Waals surface area contributed by atoms with Gasteiger partial charge in [-0.15, -0.1) is 0 Å². The Kier molecular flexibility index (Phi) is 5.64. The standard InChI is InChI=1S/C16H24FNO/c17-16(9-10-18)14-7-4-8-15(11-14)19-12-13-5-2-1-3-6-13/h4,7-8,11,13,16H,1-3,5-6,9-10,12,18H2/t16-/m1/s1. The van der Waals surface area contributed by atoms with Crippen LogP contribution in [-0.2, 0) is 0 Å². The summed E-state index contributed by atoms with van der Waals surface area (Å²) in [6.07, 6.45) is 5.90. The first-order chi connectivity index (χ1) is 9.29. The summed E-state index contributed by atoms with van der Waals surface area (Å²) in [6, 6.07) is 7.37. The quantitative estimate of drug-likeness (QED) is 0.843. The molecular formula is C16H24FNO. The van der Waals surface area contributed by atoms with Crippen LogP contribution in [0.2, 0.25) is 0 Å². The van der Waals surface area contributed by atoms with Crippen molar-refractivity contribution in [2.45, 2.75) is 44.7 Å².